The Labute approximate surface area is 282 Å². The molecule has 0 bridgehead atoms. The van der Waals surface area contributed by atoms with E-state index in [9.17, 15) is 52.7 Å². The normalized spacial score (nSPS) is 9.74. The van der Waals surface area contributed by atoms with Gasteiger partial charge in [-0.3, -0.25) is 0 Å². The minimum Gasteiger partial charge on any atom is -0.400 e. The Morgan fingerprint density at radius 3 is 1.30 bits per heavy atom. The summed E-state index contributed by atoms with van der Waals surface area (Å²) in [5.74, 6) is -19.2. The molecule has 0 fully saturated rings. The van der Waals surface area contributed by atoms with Crippen LogP contribution in [0.5, 0.6) is 0 Å². The van der Waals surface area contributed by atoms with Gasteiger partial charge in [0.2, 0.25) is 5.82 Å². The second-order valence-corrected chi connectivity index (χ2v) is 9.53. The van der Waals surface area contributed by atoms with Crippen LogP contribution in [-0.2, 0) is 12.8 Å². The first-order valence-corrected chi connectivity index (χ1v) is 14.2. The van der Waals surface area contributed by atoms with Crippen LogP contribution in [0.3, 0.4) is 0 Å². The molecule has 0 aliphatic rings. The molecule has 1 N–H and O–H groups in total. The lowest BCUT2D eigenvalue weighted by Gasteiger charge is -2.10. The van der Waals surface area contributed by atoms with Crippen molar-refractivity contribution in [2.45, 2.75) is 40.5 Å². The number of benzene rings is 4. The molecule has 4 rings (SSSR count). The summed E-state index contributed by atoms with van der Waals surface area (Å²) in [7, 11) is 1.00. The zero-order valence-electron chi connectivity index (χ0n) is 27.4. The Balaban J connectivity index is 0.000000643. The first kappa shape index (κ1) is 45.3. The summed E-state index contributed by atoms with van der Waals surface area (Å²) >= 11 is 0. The van der Waals surface area contributed by atoms with E-state index < -0.39 is 86.5 Å². The maximum absolute atomic E-state index is 13.2. The Hall–Kier alpha value is -4.74. The van der Waals surface area contributed by atoms with E-state index in [1.807, 2.05) is 18.2 Å². The van der Waals surface area contributed by atoms with Crippen molar-refractivity contribution in [1.29, 1.82) is 0 Å². The molecule has 0 atom stereocenters. The number of aryl methyl sites for hydroxylation is 1. The molecular weight excluding hydrogens is 688 g/mol. The van der Waals surface area contributed by atoms with E-state index in [-0.39, 0.29) is 17.5 Å². The molecule has 0 spiro atoms. The third kappa shape index (κ3) is 10.9. The Morgan fingerprint density at radius 1 is 0.580 bits per heavy atom. The van der Waals surface area contributed by atoms with Crippen LogP contribution in [0.2, 0.25) is 0 Å². The first-order chi connectivity index (χ1) is 23.4. The van der Waals surface area contributed by atoms with Crippen molar-refractivity contribution in [2.24, 2.45) is 0 Å². The number of rotatable bonds is 4. The fourth-order valence-corrected chi connectivity index (χ4v) is 3.85. The van der Waals surface area contributed by atoms with Gasteiger partial charge in [-0.15, -0.1) is 5.73 Å². The highest BCUT2D eigenvalue weighted by Crippen LogP contribution is 2.27. The van der Waals surface area contributed by atoms with Crippen LogP contribution in [0.15, 0.2) is 42.6 Å². The van der Waals surface area contributed by atoms with Crippen molar-refractivity contribution >= 4 is 12.2 Å². The van der Waals surface area contributed by atoms with Gasteiger partial charge in [-0.25, -0.2) is 52.7 Å². The molecule has 0 saturated carbocycles. The molecule has 4 aromatic carbocycles. The van der Waals surface area contributed by atoms with Crippen LogP contribution < -0.4 is 0 Å². The molecule has 0 aromatic heterocycles. The van der Waals surface area contributed by atoms with Crippen LogP contribution >= 0.6 is 0 Å². The summed E-state index contributed by atoms with van der Waals surface area (Å²) in [5, 5.41) is 7.00. The van der Waals surface area contributed by atoms with Gasteiger partial charge in [-0.2, -0.15) is 0 Å². The molecule has 0 aliphatic heterocycles. The van der Waals surface area contributed by atoms with E-state index in [4.69, 9.17) is 5.11 Å². The van der Waals surface area contributed by atoms with Crippen molar-refractivity contribution < 1.29 is 57.8 Å². The summed E-state index contributed by atoms with van der Waals surface area (Å²) in [6, 6.07) is 10.3. The van der Waals surface area contributed by atoms with Crippen molar-refractivity contribution in [1.82, 2.24) is 0 Å². The third-order valence-corrected chi connectivity index (χ3v) is 6.47. The highest BCUT2D eigenvalue weighted by atomic mass is 19.2. The second-order valence-electron chi connectivity index (χ2n) is 9.53. The topological polar surface area (TPSA) is 20.2 Å². The van der Waals surface area contributed by atoms with E-state index >= 15 is 0 Å². The zero-order valence-corrected chi connectivity index (χ0v) is 27.4. The van der Waals surface area contributed by atoms with E-state index in [1.165, 1.54) is 18.6 Å². The predicted molar refractivity (Wildman–Crippen MR) is 168 cm³/mol. The van der Waals surface area contributed by atoms with Gasteiger partial charge in [0.15, 0.2) is 64.0 Å². The minimum absolute atomic E-state index is 0.00333. The largest absolute Gasteiger partial charge is 0.400 e. The molecule has 0 saturated heterocycles. The lowest BCUT2D eigenvalue weighted by atomic mass is 9.98. The van der Waals surface area contributed by atoms with Crippen molar-refractivity contribution in [3.05, 3.63) is 165 Å². The molecule has 270 valence electrons. The van der Waals surface area contributed by atoms with Crippen molar-refractivity contribution in [3.63, 3.8) is 0 Å². The van der Waals surface area contributed by atoms with Crippen LogP contribution in [-0.4, -0.2) is 12.2 Å². The first-order valence-electron chi connectivity index (χ1n) is 14.2. The standard InChI is InChI=1S/C11H10F3.C9H2F5.C9H8F4.C7H8.CH4O/c1-4-7-6(3)9(12)11(14)10(13)8(7)5-2;1-2-3-4-5(10)7(12)9(14)8(13)6(4)11;1-3-5-8(12)6(10)4(2)7(11)9(5)13;1-7-5-3-2-4-6-7;1-2/h5H,2-4H2,1H3;1,3H;3H2,1-2H3;2-6H,1H3;2H,1H3. The molecular formula is C37H32F12O. The van der Waals surface area contributed by atoms with Gasteiger partial charge in [0, 0.05) is 23.8 Å². The number of hydrogen-bond donors (Lipinski definition) is 1. The average Bonchev–Trinajstić information content (AvgIpc) is 3.12. The molecule has 1 nitrogen and oxygen atoms in total. The fourth-order valence-electron chi connectivity index (χ4n) is 3.85. The summed E-state index contributed by atoms with van der Waals surface area (Å²) in [4.78, 5) is 0. The summed E-state index contributed by atoms with van der Waals surface area (Å²) in [5.41, 5.74) is 0.992. The van der Waals surface area contributed by atoms with Gasteiger partial charge in [0.25, 0.3) is 0 Å². The van der Waals surface area contributed by atoms with E-state index in [2.05, 4.69) is 39.1 Å². The monoisotopic (exact) mass is 720 g/mol. The minimum atomic E-state index is -2.20. The molecule has 4 aromatic rings. The van der Waals surface area contributed by atoms with Gasteiger partial charge in [-0.05, 0) is 57.4 Å². The van der Waals surface area contributed by atoms with E-state index in [1.54, 1.807) is 12.7 Å². The number of hydrogen-bond acceptors (Lipinski definition) is 1. The zero-order chi connectivity index (χ0) is 39.0. The lowest BCUT2D eigenvalue weighted by molar-refractivity contribution is 0.377. The maximum atomic E-state index is 13.2. The lowest BCUT2D eigenvalue weighted by Crippen LogP contribution is -2.05. The maximum Gasteiger partial charge on any atom is 0.200 e. The second kappa shape index (κ2) is 21.4. The van der Waals surface area contributed by atoms with Gasteiger partial charge >= 0.3 is 0 Å². The average molecular weight is 721 g/mol. The van der Waals surface area contributed by atoms with Crippen LogP contribution in [0, 0.1) is 97.2 Å². The third-order valence-electron chi connectivity index (χ3n) is 6.47. The quantitative estimate of drug-likeness (QED) is 0.0963. The van der Waals surface area contributed by atoms with Crippen LogP contribution in [0.1, 0.15) is 52.8 Å². The number of aliphatic hydroxyl groups is 1. The van der Waals surface area contributed by atoms with Gasteiger partial charge < -0.3 is 5.11 Å². The van der Waals surface area contributed by atoms with Crippen molar-refractivity contribution in [3.8, 4) is 0 Å². The Kier molecular flexibility index (Phi) is 19.3. The van der Waals surface area contributed by atoms with Gasteiger partial charge in [0.1, 0.15) is 0 Å². The summed E-state index contributed by atoms with van der Waals surface area (Å²) < 4.78 is 154. The molecule has 2 radical (unpaired) electrons. The molecule has 50 heavy (non-hydrogen) atoms. The van der Waals surface area contributed by atoms with E-state index in [0.717, 1.165) is 14.0 Å². The van der Waals surface area contributed by atoms with Crippen LogP contribution in [0.4, 0.5) is 52.7 Å². The molecule has 0 unspecified atom stereocenters. The van der Waals surface area contributed by atoms with Gasteiger partial charge in [-0.1, -0.05) is 62.4 Å². The van der Waals surface area contributed by atoms with E-state index in [0.29, 0.717) is 18.1 Å². The molecule has 0 amide bonds. The summed E-state index contributed by atoms with van der Waals surface area (Å²) in [6.07, 6.45) is 1.95. The highest BCUT2D eigenvalue weighted by Gasteiger charge is 2.24. The van der Waals surface area contributed by atoms with Crippen molar-refractivity contribution in [2.75, 3.05) is 7.11 Å². The predicted octanol–water partition coefficient (Wildman–Crippen LogP) is 11.2. The fraction of sp³-hybridized carbons (Fsp3) is 0.189. The van der Waals surface area contributed by atoms with Crippen LogP contribution in [0.25, 0.3) is 12.2 Å². The number of aliphatic hydroxyl groups excluding tert-OH is 1. The number of halogens is 12. The smallest absolute Gasteiger partial charge is 0.200 e. The molecule has 0 heterocycles. The highest BCUT2D eigenvalue weighted by molar-refractivity contribution is 5.56. The Bertz CT molecular complexity index is 1750. The Morgan fingerprint density at radius 2 is 0.960 bits per heavy atom. The molecule has 0 aliphatic carbocycles. The SMILES string of the molecule is CCc1c(F)c(F)c(C)c(F)c1F.CO.Cc1ccccc1.[CH2]c1c(F)c(F)c(F)c(C=C)c1CC.[CH]=C=Cc1c(F)c(F)c(F)c(F)c1F. The summed E-state index contributed by atoms with van der Waals surface area (Å²) in [6.45, 7) is 17.6. The van der Waals surface area contributed by atoms with Gasteiger partial charge in [0.05, 0.1) is 5.56 Å². The molecule has 13 heteroatoms.